The summed E-state index contributed by atoms with van der Waals surface area (Å²) in [6.45, 7) is 4.20. The van der Waals surface area contributed by atoms with E-state index in [1.807, 2.05) is 0 Å². The molecule has 1 amide bonds. The number of fused-ring (bicyclic) bond motifs is 1. The number of carbonyl (C=O) groups excluding carboxylic acids is 1. The Labute approximate surface area is 103 Å². The average molecular weight is 237 g/mol. The number of nitrogens with two attached hydrogens (primary N) is 1. The van der Waals surface area contributed by atoms with Gasteiger partial charge < -0.3 is 10.6 Å². The van der Waals surface area contributed by atoms with Gasteiger partial charge in [0, 0.05) is 25.7 Å². The zero-order valence-electron chi connectivity index (χ0n) is 10.5. The summed E-state index contributed by atoms with van der Waals surface area (Å²) in [6.07, 6.45) is 6.54. The molecule has 3 rings (SSSR count). The van der Waals surface area contributed by atoms with Gasteiger partial charge in [-0.15, -0.1) is 0 Å². The fourth-order valence-electron chi connectivity index (χ4n) is 3.48. The second kappa shape index (κ2) is 4.25. The van der Waals surface area contributed by atoms with Crippen molar-refractivity contribution in [2.75, 3.05) is 26.2 Å². The predicted octanol–water partition coefficient (Wildman–Crippen LogP) is 0.564. The highest BCUT2D eigenvalue weighted by molar-refractivity contribution is 5.87. The van der Waals surface area contributed by atoms with Crippen molar-refractivity contribution in [2.45, 2.75) is 50.1 Å². The SMILES string of the molecule is NC1(C(=O)N2CCCN3CCCC3C2)CCC1. The van der Waals surface area contributed by atoms with Gasteiger partial charge >= 0.3 is 0 Å². The number of carbonyl (C=O) groups is 1. The summed E-state index contributed by atoms with van der Waals surface area (Å²) in [7, 11) is 0. The third-order valence-electron chi connectivity index (χ3n) is 4.76. The maximum atomic E-state index is 12.4. The molecule has 0 aromatic rings. The van der Waals surface area contributed by atoms with Crippen molar-refractivity contribution in [1.29, 1.82) is 0 Å². The molecular formula is C13H23N3O. The molecule has 0 bridgehead atoms. The van der Waals surface area contributed by atoms with Crippen molar-refractivity contribution >= 4 is 5.91 Å². The number of hydrogen-bond donors (Lipinski definition) is 1. The van der Waals surface area contributed by atoms with Crippen molar-refractivity contribution in [2.24, 2.45) is 5.73 Å². The van der Waals surface area contributed by atoms with E-state index in [2.05, 4.69) is 9.80 Å². The highest BCUT2D eigenvalue weighted by Crippen LogP contribution is 2.32. The van der Waals surface area contributed by atoms with Gasteiger partial charge in [0.2, 0.25) is 5.91 Å². The lowest BCUT2D eigenvalue weighted by atomic mass is 9.76. The minimum atomic E-state index is -0.506. The zero-order valence-corrected chi connectivity index (χ0v) is 10.5. The number of hydrogen-bond acceptors (Lipinski definition) is 3. The van der Waals surface area contributed by atoms with E-state index in [0.29, 0.717) is 6.04 Å². The van der Waals surface area contributed by atoms with Crippen LogP contribution in [0.25, 0.3) is 0 Å². The van der Waals surface area contributed by atoms with E-state index in [9.17, 15) is 4.79 Å². The quantitative estimate of drug-likeness (QED) is 0.725. The molecule has 2 N–H and O–H groups in total. The minimum Gasteiger partial charge on any atom is -0.339 e. The smallest absolute Gasteiger partial charge is 0.242 e. The van der Waals surface area contributed by atoms with Crippen LogP contribution in [-0.2, 0) is 4.79 Å². The molecular weight excluding hydrogens is 214 g/mol. The normalized spacial score (nSPS) is 32.8. The molecule has 1 atom stereocenters. The fraction of sp³-hybridized carbons (Fsp3) is 0.923. The molecule has 0 radical (unpaired) electrons. The molecule has 1 unspecified atom stereocenters. The first-order valence-electron chi connectivity index (χ1n) is 7.01. The Balaban J connectivity index is 1.68. The average Bonchev–Trinajstić information content (AvgIpc) is 2.62. The second-order valence-corrected chi connectivity index (χ2v) is 5.95. The molecule has 0 aromatic heterocycles. The molecule has 4 nitrogen and oxygen atoms in total. The highest BCUT2D eigenvalue weighted by Gasteiger charge is 2.44. The first kappa shape index (κ1) is 11.5. The lowest BCUT2D eigenvalue weighted by molar-refractivity contribution is -0.140. The summed E-state index contributed by atoms with van der Waals surface area (Å²) in [6, 6.07) is 0.602. The monoisotopic (exact) mass is 237 g/mol. The Morgan fingerprint density at radius 1 is 1.12 bits per heavy atom. The van der Waals surface area contributed by atoms with Gasteiger partial charge in [-0.1, -0.05) is 0 Å². The van der Waals surface area contributed by atoms with Crippen LogP contribution in [0.3, 0.4) is 0 Å². The third kappa shape index (κ3) is 1.97. The van der Waals surface area contributed by atoms with E-state index >= 15 is 0 Å². The van der Waals surface area contributed by atoms with Crippen molar-refractivity contribution < 1.29 is 4.79 Å². The van der Waals surface area contributed by atoms with E-state index in [-0.39, 0.29) is 5.91 Å². The van der Waals surface area contributed by atoms with Crippen LogP contribution < -0.4 is 5.73 Å². The van der Waals surface area contributed by atoms with Gasteiger partial charge in [-0.2, -0.15) is 0 Å². The van der Waals surface area contributed by atoms with Gasteiger partial charge in [0.1, 0.15) is 0 Å². The molecule has 17 heavy (non-hydrogen) atoms. The van der Waals surface area contributed by atoms with Crippen LogP contribution in [-0.4, -0.2) is 53.5 Å². The van der Waals surface area contributed by atoms with Crippen LogP contribution in [0.15, 0.2) is 0 Å². The number of nitrogens with zero attached hydrogens (tertiary/aromatic N) is 2. The molecule has 0 spiro atoms. The van der Waals surface area contributed by atoms with Crippen molar-refractivity contribution in [3.63, 3.8) is 0 Å². The van der Waals surface area contributed by atoms with Crippen LogP contribution >= 0.6 is 0 Å². The van der Waals surface area contributed by atoms with Gasteiger partial charge in [-0.25, -0.2) is 0 Å². The molecule has 2 heterocycles. The van der Waals surface area contributed by atoms with Gasteiger partial charge in [0.15, 0.2) is 0 Å². The lowest BCUT2D eigenvalue weighted by Crippen LogP contribution is -2.60. The van der Waals surface area contributed by atoms with Crippen LogP contribution in [0.5, 0.6) is 0 Å². The van der Waals surface area contributed by atoms with Gasteiger partial charge in [-0.05, 0) is 45.1 Å². The van der Waals surface area contributed by atoms with Crippen LogP contribution in [0.2, 0.25) is 0 Å². The van der Waals surface area contributed by atoms with E-state index in [1.165, 1.54) is 19.4 Å². The number of amides is 1. The predicted molar refractivity (Wildman–Crippen MR) is 66.6 cm³/mol. The Hall–Kier alpha value is -0.610. The van der Waals surface area contributed by atoms with E-state index in [0.717, 1.165) is 45.3 Å². The van der Waals surface area contributed by atoms with E-state index < -0.39 is 5.54 Å². The summed E-state index contributed by atoms with van der Waals surface area (Å²) in [4.78, 5) is 17.0. The van der Waals surface area contributed by atoms with Crippen LogP contribution in [0, 0.1) is 0 Å². The third-order valence-corrected chi connectivity index (χ3v) is 4.76. The van der Waals surface area contributed by atoms with Crippen LogP contribution in [0.4, 0.5) is 0 Å². The Bertz CT molecular complexity index is 314. The number of rotatable bonds is 1. The first-order valence-corrected chi connectivity index (χ1v) is 7.01. The summed E-state index contributed by atoms with van der Waals surface area (Å²) in [5, 5.41) is 0. The van der Waals surface area contributed by atoms with Crippen molar-refractivity contribution in [3.8, 4) is 0 Å². The minimum absolute atomic E-state index is 0.220. The largest absolute Gasteiger partial charge is 0.339 e. The first-order chi connectivity index (χ1) is 8.19. The summed E-state index contributed by atoms with van der Waals surface area (Å²) >= 11 is 0. The fourth-order valence-corrected chi connectivity index (χ4v) is 3.48. The molecule has 4 heteroatoms. The molecule has 2 saturated heterocycles. The van der Waals surface area contributed by atoms with Crippen LogP contribution in [0.1, 0.15) is 38.5 Å². The van der Waals surface area contributed by atoms with Crippen molar-refractivity contribution in [3.05, 3.63) is 0 Å². The standard InChI is InChI=1S/C13H23N3O/c14-13(5-2-6-13)12(17)16-9-3-8-15-7-1-4-11(15)10-16/h11H,1-10,14H2. The summed E-state index contributed by atoms with van der Waals surface area (Å²) in [5.41, 5.74) is 5.65. The summed E-state index contributed by atoms with van der Waals surface area (Å²) < 4.78 is 0. The van der Waals surface area contributed by atoms with Gasteiger partial charge in [-0.3, -0.25) is 9.69 Å². The highest BCUT2D eigenvalue weighted by atomic mass is 16.2. The molecule has 0 aromatic carbocycles. The zero-order chi connectivity index (χ0) is 11.9. The Morgan fingerprint density at radius 2 is 1.88 bits per heavy atom. The molecule has 3 fully saturated rings. The molecule has 1 aliphatic carbocycles. The maximum absolute atomic E-state index is 12.4. The molecule has 2 aliphatic heterocycles. The summed E-state index contributed by atoms with van der Waals surface area (Å²) in [5.74, 6) is 0.220. The Kier molecular flexibility index (Phi) is 2.87. The van der Waals surface area contributed by atoms with E-state index in [4.69, 9.17) is 5.73 Å². The molecule has 1 saturated carbocycles. The molecule has 3 aliphatic rings. The lowest BCUT2D eigenvalue weighted by Gasteiger charge is -2.40. The topological polar surface area (TPSA) is 49.6 Å². The van der Waals surface area contributed by atoms with Gasteiger partial charge in [0.05, 0.1) is 5.54 Å². The second-order valence-electron chi connectivity index (χ2n) is 5.95. The van der Waals surface area contributed by atoms with Gasteiger partial charge in [0.25, 0.3) is 0 Å². The molecule has 96 valence electrons. The van der Waals surface area contributed by atoms with Crippen molar-refractivity contribution in [1.82, 2.24) is 9.80 Å². The van der Waals surface area contributed by atoms with E-state index in [1.54, 1.807) is 0 Å². The maximum Gasteiger partial charge on any atom is 0.242 e. The Morgan fingerprint density at radius 3 is 2.59 bits per heavy atom.